The fourth-order valence-electron chi connectivity index (χ4n) is 3.61. The molecule has 0 aliphatic rings. The predicted octanol–water partition coefficient (Wildman–Crippen LogP) is 8.58. The van der Waals surface area contributed by atoms with Gasteiger partial charge in [0.1, 0.15) is 17.3 Å². The fraction of sp³-hybridized carbons (Fsp3) is 0. The molecule has 2 nitrogen and oxygen atoms in total. The van der Waals surface area contributed by atoms with Crippen molar-refractivity contribution in [2.45, 2.75) is 0 Å². The average Bonchev–Trinajstić information content (AvgIpc) is 2.81. The first-order chi connectivity index (χ1) is 15.2. The number of nitrogens with zero attached hydrogens (tertiary/aromatic N) is 1. The molecule has 1 aromatic heterocycles. The normalized spacial score (nSPS) is 10.6. The average molecular weight is 462 g/mol. The Hall–Kier alpha value is -3.40. The van der Waals surface area contributed by atoms with Gasteiger partial charge in [0.2, 0.25) is 0 Å². The fourth-order valence-corrected chi connectivity index (χ4v) is 3.74. The summed E-state index contributed by atoms with van der Waals surface area (Å²) in [7, 11) is 0. The molecule has 0 fully saturated rings. The first-order valence-electron chi connectivity index (χ1n) is 9.86. The lowest BCUT2D eigenvalue weighted by Gasteiger charge is -2.18. The maximum Gasteiger partial charge on any atom is 0.162 e. The van der Waals surface area contributed by atoms with Gasteiger partial charge in [0.05, 0.1) is 5.52 Å². The summed E-state index contributed by atoms with van der Waals surface area (Å²) in [4.78, 5) is 4.90. The molecule has 0 spiro atoms. The van der Waals surface area contributed by atoms with Crippen LogP contribution >= 0.6 is 24.0 Å². The Kier molecular flexibility index (Phi) is 6.40. The van der Waals surface area contributed by atoms with Crippen LogP contribution in [0.2, 0.25) is 5.02 Å². The molecular formula is C27H18Cl2FNO. The summed E-state index contributed by atoms with van der Waals surface area (Å²) in [6.07, 6.45) is 0. The molecule has 5 rings (SSSR count). The lowest BCUT2D eigenvalue weighted by atomic mass is 9.96. The molecule has 5 aromatic rings. The minimum absolute atomic E-state index is 0. The number of halogens is 3. The summed E-state index contributed by atoms with van der Waals surface area (Å²) in [5.74, 6) is 0.953. The smallest absolute Gasteiger partial charge is 0.162 e. The van der Waals surface area contributed by atoms with Crippen LogP contribution in [0.3, 0.4) is 0 Å². The third-order valence-electron chi connectivity index (χ3n) is 5.06. The van der Waals surface area contributed by atoms with Crippen molar-refractivity contribution in [3.63, 3.8) is 0 Å². The summed E-state index contributed by atoms with van der Waals surface area (Å²) in [6.45, 7) is 0. The first kappa shape index (κ1) is 21.8. The van der Waals surface area contributed by atoms with Crippen molar-refractivity contribution in [2.75, 3.05) is 0 Å². The number of benzene rings is 4. The van der Waals surface area contributed by atoms with Gasteiger partial charge in [-0.1, -0.05) is 60.1 Å². The maximum atomic E-state index is 13.6. The van der Waals surface area contributed by atoms with Crippen LogP contribution in [-0.4, -0.2) is 4.98 Å². The zero-order chi connectivity index (χ0) is 21.2. The number of para-hydroxylation sites is 1. The van der Waals surface area contributed by atoms with Crippen LogP contribution in [0.1, 0.15) is 0 Å². The van der Waals surface area contributed by atoms with Crippen LogP contribution in [0.4, 0.5) is 4.39 Å². The standard InChI is InChI=1S/C27H17ClFNO.ClH/c28-20-12-16-22(17-13-20)31-27-25(18-6-2-1-3-7-18)23-8-4-5-9-24(23)30-26(27)19-10-14-21(29)15-11-19;/h1-17H;1H. The van der Waals surface area contributed by atoms with Gasteiger partial charge in [0.25, 0.3) is 0 Å². The summed E-state index contributed by atoms with van der Waals surface area (Å²) >= 11 is 6.06. The summed E-state index contributed by atoms with van der Waals surface area (Å²) in [6, 6.07) is 31.5. The summed E-state index contributed by atoms with van der Waals surface area (Å²) in [5, 5.41) is 1.61. The molecule has 158 valence electrons. The zero-order valence-corrected chi connectivity index (χ0v) is 18.4. The Morgan fingerprint density at radius 1 is 0.688 bits per heavy atom. The predicted molar refractivity (Wildman–Crippen MR) is 131 cm³/mol. The van der Waals surface area contributed by atoms with Crippen molar-refractivity contribution >= 4 is 34.9 Å². The van der Waals surface area contributed by atoms with Crippen molar-refractivity contribution in [1.82, 2.24) is 4.98 Å². The van der Waals surface area contributed by atoms with E-state index in [0.717, 1.165) is 27.6 Å². The van der Waals surface area contributed by atoms with Gasteiger partial charge in [-0.25, -0.2) is 9.37 Å². The molecule has 5 heteroatoms. The van der Waals surface area contributed by atoms with Gasteiger partial charge in [-0.2, -0.15) is 0 Å². The Labute approximate surface area is 196 Å². The van der Waals surface area contributed by atoms with E-state index in [0.29, 0.717) is 22.2 Å². The van der Waals surface area contributed by atoms with Crippen molar-refractivity contribution in [3.8, 4) is 33.9 Å². The molecule has 0 saturated carbocycles. The number of aromatic nitrogens is 1. The quantitative estimate of drug-likeness (QED) is 0.267. The lowest BCUT2D eigenvalue weighted by molar-refractivity contribution is 0.485. The Morgan fingerprint density at radius 3 is 2.06 bits per heavy atom. The second-order valence-corrected chi connectivity index (χ2v) is 7.55. The van der Waals surface area contributed by atoms with Gasteiger partial charge in [-0.15, -0.1) is 12.4 Å². The van der Waals surface area contributed by atoms with Gasteiger partial charge >= 0.3 is 0 Å². The molecule has 0 aliphatic carbocycles. The van der Waals surface area contributed by atoms with Crippen LogP contribution in [0.5, 0.6) is 11.5 Å². The van der Waals surface area contributed by atoms with E-state index in [4.69, 9.17) is 21.3 Å². The number of pyridine rings is 1. The van der Waals surface area contributed by atoms with E-state index in [2.05, 4.69) is 0 Å². The van der Waals surface area contributed by atoms with Gasteiger partial charge in [0.15, 0.2) is 5.75 Å². The maximum absolute atomic E-state index is 13.6. The molecule has 0 aliphatic heterocycles. The second-order valence-electron chi connectivity index (χ2n) is 7.11. The molecule has 0 amide bonds. The molecule has 0 radical (unpaired) electrons. The van der Waals surface area contributed by atoms with Crippen molar-refractivity contribution in [1.29, 1.82) is 0 Å². The van der Waals surface area contributed by atoms with E-state index in [1.807, 2.05) is 66.7 Å². The third-order valence-corrected chi connectivity index (χ3v) is 5.31. The van der Waals surface area contributed by atoms with Crippen LogP contribution in [0.15, 0.2) is 103 Å². The van der Waals surface area contributed by atoms with Gasteiger partial charge in [-0.05, 0) is 60.2 Å². The number of hydrogen-bond donors (Lipinski definition) is 0. The van der Waals surface area contributed by atoms with Gasteiger partial charge in [0, 0.05) is 21.5 Å². The van der Waals surface area contributed by atoms with Crippen LogP contribution < -0.4 is 4.74 Å². The number of rotatable bonds is 4. The van der Waals surface area contributed by atoms with Gasteiger partial charge in [-0.3, -0.25) is 0 Å². The molecule has 0 saturated heterocycles. The number of hydrogen-bond acceptors (Lipinski definition) is 2. The molecular weight excluding hydrogens is 444 g/mol. The van der Waals surface area contributed by atoms with Gasteiger partial charge < -0.3 is 4.74 Å². The van der Waals surface area contributed by atoms with E-state index in [9.17, 15) is 4.39 Å². The number of fused-ring (bicyclic) bond motifs is 1. The first-order valence-corrected chi connectivity index (χ1v) is 10.2. The topological polar surface area (TPSA) is 22.1 Å². The second kappa shape index (κ2) is 9.39. The molecule has 1 heterocycles. The van der Waals surface area contributed by atoms with E-state index < -0.39 is 0 Å². The lowest BCUT2D eigenvalue weighted by Crippen LogP contribution is -1.97. The van der Waals surface area contributed by atoms with Crippen molar-refractivity contribution < 1.29 is 9.13 Å². The van der Waals surface area contributed by atoms with Crippen LogP contribution in [-0.2, 0) is 0 Å². The zero-order valence-electron chi connectivity index (χ0n) is 16.8. The van der Waals surface area contributed by atoms with Crippen molar-refractivity contribution in [3.05, 3.63) is 114 Å². The monoisotopic (exact) mass is 461 g/mol. The Balaban J connectivity index is 0.00000245. The van der Waals surface area contributed by atoms with E-state index in [1.54, 1.807) is 24.3 Å². The van der Waals surface area contributed by atoms with E-state index in [-0.39, 0.29) is 18.2 Å². The highest BCUT2D eigenvalue weighted by atomic mass is 35.5. The molecule has 4 aromatic carbocycles. The Bertz CT molecular complexity index is 1350. The summed E-state index contributed by atoms with van der Waals surface area (Å²) < 4.78 is 20.0. The molecule has 32 heavy (non-hydrogen) atoms. The SMILES string of the molecule is Cl.Fc1ccc(-c2nc3ccccc3c(-c3ccccc3)c2Oc2ccc(Cl)cc2)cc1. The molecule has 0 unspecified atom stereocenters. The largest absolute Gasteiger partial charge is 0.454 e. The highest BCUT2D eigenvalue weighted by Gasteiger charge is 2.20. The third kappa shape index (κ3) is 4.31. The van der Waals surface area contributed by atoms with Crippen LogP contribution in [0.25, 0.3) is 33.3 Å². The van der Waals surface area contributed by atoms with Crippen LogP contribution in [0, 0.1) is 5.82 Å². The number of ether oxygens (including phenoxy) is 1. The molecule has 0 atom stereocenters. The van der Waals surface area contributed by atoms with Crippen molar-refractivity contribution in [2.24, 2.45) is 0 Å². The minimum Gasteiger partial charge on any atom is -0.454 e. The highest BCUT2D eigenvalue weighted by Crippen LogP contribution is 2.44. The van der Waals surface area contributed by atoms with E-state index in [1.165, 1.54) is 12.1 Å². The van der Waals surface area contributed by atoms with E-state index >= 15 is 0 Å². The molecule has 0 N–H and O–H groups in total. The molecule has 0 bridgehead atoms. The minimum atomic E-state index is -0.298. The summed E-state index contributed by atoms with van der Waals surface area (Å²) in [5.41, 5.74) is 4.19. The Morgan fingerprint density at radius 2 is 1.34 bits per heavy atom. The highest BCUT2D eigenvalue weighted by molar-refractivity contribution is 6.30.